The highest BCUT2D eigenvalue weighted by Crippen LogP contribution is 2.22. The van der Waals surface area contributed by atoms with Gasteiger partial charge in [-0.1, -0.05) is 17.3 Å². The molecule has 0 unspecified atom stereocenters. The van der Waals surface area contributed by atoms with E-state index in [0.29, 0.717) is 18.2 Å². The lowest BCUT2D eigenvalue weighted by Gasteiger charge is -2.22. The van der Waals surface area contributed by atoms with Gasteiger partial charge in [0.05, 0.1) is 36.6 Å². The number of hydrogen-bond donors (Lipinski definition) is 1. The van der Waals surface area contributed by atoms with E-state index in [9.17, 15) is 5.26 Å². The van der Waals surface area contributed by atoms with Crippen LogP contribution in [0.3, 0.4) is 0 Å². The Bertz CT molecular complexity index is 941. The molecule has 26 heavy (non-hydrogen) atoms. The van der Waals surface area contributed by atoms with Crippen molar-refractivity contribution >= 4 is 0 Å². The molecule has 0 spiro atoms. The fourth-order valence-corrected chi connectivity index (χ4v) is 3.32. The summed E-state index contributed by atoms with van der Waals surface area (Å²) in [6.45, 7) is 4.61. The van der Waals surface area contributed by atoms with Crippen LogP contribution in [0.4, 0.5) is 0 Å². The number of nitriles is 1. The van der Waals surface area contributed by atoms with E-state index in [1.54, 1.807) is 4.68 Å². The summed E-state index contributed by atoms with van der Waals surface area (Å²) >= 11 is 0. The molecule has 7 heteroatoms. The molecule has 0 saturated carbocycles. The Morgan fingerprint density at radius 3 is 2.92 bits per heavy atom. The highest BCUT2D eigenvalue weighted by atomic mass is 15.4. The number of rotatable bonds is 4. The summed E-state index contributed by atoms with van der Waals surface area (Å²) in [6.07, 6.45) is 8.04. The lowest BCUT2D eigenvalue weighted by Crippen LogP contribution is -2.29. The summed E-state index contributed by atoms with van der Waals surface area (Å²) < 4.78 is 3.84. The van der Waals surface area contributed by atoms with E-state index in [0.717, 1.165) is 48.3 Å². The van der Waals surface area contributed by atoms with Gasteiger partial charge in [0.15, 0.2) is 0 Å². The molecule has 1 fully saturated rings. The maximum Gasteiger partial charge on any atom is 0.116 e. The van der Waals surface area contributed by atoms with Crippen molar-refractivity contribution in [3.05, 3.63) is 53.5 Å². The Kier molecular flexibility index (Phi) is 4.50. The number of aromatic nitrogens is 5. The summed E-state index contributed by atoms with van der Waals surface area (Å²) in [5.41, 5.74) is 4.52. The van der Waals surface area contributed by atoms with Crippen molar-refractivity contribution in [1.29, 1.82) is 5.26 Å². The molecule has 0 amide bonds. The number of nitrogens with one attached hydrogen (secondary N) is 1. The van der Waals surface area contributed by atoms with E-state index < -0.39 is 0 Å². The third-order valence-corrected chi connectivity index (χ3v) is 4.89. The minimum Gasteiger partial charge on any atom is -0.317 e. The first-order chi connectivity index (χ1) is 12.7. The molecule has 132 valence electrons. The number of piperidine rings is 1. The van der Waals surface area contributed by atoms with E-state index in [1.165, 1.54) is 0 Å². The molecule has 0 aliphatic carbocycles. The molecule has 3 aromatic rings. The van der Waals surface area contributed by atoms with Crippen molar-refractivity contribution in [1.82, 2.24) is 30.1 Å². The molecule has 1 aliphatic rings. The van der Waals surface area contributed by atoms with Crippen LogP contribution in [0.5, 0.6) is 0 Å². The topological polar surface area (TPSA) is 84.3 Å². The van der Waals surface area contributed by atoms with Crippen molar-refractivity contribution in [2.24, 2.45) is 0 Å². The van der Waals surface area contributed by atoms with Gasteiger partial charge in [0, 0.05) is 11.8 Å². The highest BCUT2D eigenvalue weighted by Gasteiger charge is 2.16. The number of aryl methyl sites for hydroxylation is 1. The lowest BCUT2D eigenvalue weighted by atomic mass is 10.1. The van der Waals surface area contributed by atoms with Gasteiger partial charge in [-0.15, -0.1) is 5.10 Å². The van der Waals surface area contributed by atoms with Gasteiger partial charge in [-0.3, -0.25) is 4.68 Å². The molecule has 7 nitrogen and oxygen atoms in total. The maximum absolute atomic E-state index is 9.17. The monoisotopic (exact) mass is 347 g/mol. The maximum atomic E-state index is 9.17. The largest absolute Gasteiger partial charge is 0.317 e. The molecule has 4 rings (SSSR count). The van der Waals surface area contributed by atoms with Crippen LogP contribution in [-0.2, 0) is 6.54 Å². The van der Waals surface area contributed by atoms with E-state index in [1.807, 2.05) is 42.2 Å². The molecule has 3 heterocycles. The van der Waals surface area contributed by atoms with Crippen molar-refractivity contribution in [3.63, 3.8) is 0 Å². The van der Waals surface area contributed by atoms with Gasteiger partial charge in [0.1, 0.15) is 5.69 Å². The van der Waals surface area contributed by atoms with E-state index in [2.05, 4.69) is 33.0 Å². The van der Waals surface area contributed by atoms with Gasteiger partial charge in [-0.05, 0) is 50.0 Å². The van der Waals surface area contributed by atoms with Crippen molar-refractivity contribution in [2.45, 2.75) is 32.4 Å². The average molecular weight is 347 g/mol. The van der Waals surface area contributed by atoms with Gasteiger partial charge >= 0.3 is 0 Å². The predicted molar refractivity (Wildman–Crippen MR) is 97.4 cm³/mol. The first-order valence-electron chi connectivity index (χ1n) is 8.88. The van der Waals surface area contributed by atoms with Gasteiger partial charge in [-0.2, -0.15) is 10.4 Å². The lowest BCUT2D eigenvalue weighted by molar-refractivity contribution is 0.343. The zero-order valence-electron chi connectivity index (χ0n) is 14.8. The second kappa shape index (κ2) is 7.10. The molecule has 0 radical (unpaired) electrons. The van der Waals surface area contributed by atoms with Gasteiger partial charge in [-0.25, -0.2) is 4.68 Å². The first kappa shape index (κ1) is 16.5. The minimum atomic E-state index is 0.456. The molecular weight excluding hydrogens is 326 g/mol. The zero-order chi connectivity index (χ0) is 17.9. The van der Waals surface area contributed by atoms with Gasteiger partial charge in [0.25, 0.3) is 0 Å². The fourth-order valence-electron chi connectivity index (χ4n) is 3.32. The van der Waals surface area contributed by atoms with E-state index in [4.69, 9.17) is 0 Å². The Balaban J connectivity index is 1.50. The predicted octanol–water partition coefficient (Wildman–Crippen LogP) is 2.29. The summed E-state index contributed by atoms with van der Waals surface area (Å²) in [5, 5.41) is 25.6. The first-order valence-corrected chi connectivity index (χ1v) is 8.88. The second-order valence-electron chi connectivity index (χ2n) is 6.75. The van der Waals surface area contributed by atoms with Crippen LogP contribution < -0.4 is 5.32 Å². The minimum absolute atomic E-state index is 0.456. The molecule has 1 aliphatic heterocycles. The van der Waals surface area contributed by atoms with Crippen LogP contribution >= 0.6 is 0 Å². The summed E-state index contributed by atoms with van der Waals surface area (Å²) in [7, 11) is 0. The normalized spacial score (nSPS) is 15.1. The average Bonchev–Trinajstić information content (AvgIpc) is 3.33. The molecule has 0 atom stereocenters. The Hall–Kier alpha value is -2.98. The third kappa shape index (κ3) is 3.37. The van der Waals surface area contributed by atoms with Crippen LogP contribution in [0.25, 0.3) is 11.3 Å². The number of hydrogen-bond acceptors (Lipinski definition) is 5. The van der Waals surface area contributed by atoms with E-state index >= 15 is 0 Å². The summed E-state index contributed by atoms with van der Waals surface area (Å²) in [4.78, 5) is 0. The summed E-state index contributed by atoms with van der Waals surface area (Å²) in [6, 6.07) is 8.58. The highest BCUT2D eigenvalue weighted by molar-refractivity contribution is 5.55. The molecule has 1 N–H and O–H groups in total. The Morgan fingerprint density at radius 1 is 1.27 bits per heavy atom. The van der Waals surface area contributed by atoms with Crippen molar-refractivity contribution in [2.75, 3.05) is 13.1 Å². The third-order valence-electron chi connectivity index (χ3n) is 4.89. The SMILES string of the molecule is Cc1ccc(Cn2cc(-c3cnn(C4CCNCC4)c3)nn2)cc1C#N. The second-order valence-corrected chi connectivity index (χ2v) is 6.75. The smallest absolute Gasteiger partial charge is 0.116 e. The molecule has 0 bridgehead atoms. The standard InChI is InChI=1S/C19H21N7/c1-14-2-3-15(8-16(14)9-20)11-25-13-19(23-24-25)17-10-22-26(12-17)18-4-6-21-7-5-18/h2-3,8,10,12-13,18,21H,4-7,11H2,1H3. The molecule has 1 saturated heterocycles. The van der Waals surface area contributed by atoms with Crippen molar-refractivity contribution < 1.29 is 0 Å². The van der Waals surface area contributed by atoms with Crippen LogP contribution in [-0.4, -0.2) is 37.9 Å². The molecule has 1 aromatic carbocycles. The summed E-state index contributed by atoms with van der Waals surface area (Å²) in [5.74, 6) is 0. The van der Waals surface area contributed by atoms with E-state index in [-0.39, 0.29) is 0 Å². The Labute approximate surface area is 152 Å². The number of benzene rings is 1. The van der Waals surface area contributed by atoms with Crippen LogP contribution in [0.2, 0.25) is 0 Å². The van der Waals surface area contributed by atoms with Gasteiger partial charge in [0.2, 0.25) is 0 Å². The number of nitrogens with zero attached hydrogens (tertiary/aromatic N) is 6. The van der Waals surface area contributed by atoms with Gasteiger partial charge < -0.3 is 5.32 Å². The fraction of sp³-hybridized carbons (Fsp3) is 0.368. The van der Waals surface area contributed by atoms with Crippen molar-refractivity contribution in [3.8, 4) is 17.3 Å². The quantitative estimate of drug-likeness (QED) is 0.783. The van der Waals surface area contributed by atoms with Crippen LogP contribution in [0.1, 0.15) is 35.6 Å². The zero-order valence-corrected chi connectivity index (χ0v) is 14.8. The molecular formula is C19H21N7. The van der Waals surface area contributed by atoms with Crippen LogP contribution in [0.15, 0.2) is 36.8 Å². The Morgan fingerprint density at radius 2 is 2.12 bits per heavy atom. The molecule has 2 aromatic heterocycles. The van der Waals surface area contributed by atoms with Crippen LogP contribution in [0, 0.1) is 18.3 Å².